The van der Waals surface area contributed by atoms with Gasteiger partial charge in [-0.05, 0) is 54.8 Å². The Labute approximate surface area is 158 Å². The molecule has 0 bridgehead atoms. The number of carbonyl (C=O) groups excluding carboxylic acids is 2. The number of halogens is 1. The molecule has 5 nitrogen and oxygen atoms in total. The van der Waals surface area contributed by atoms with Gasteiger partial charge in [-0.2, -0.15) is 0 Å². The number of carbonyl (C=O) groups is 2. The van der Waals surface area contributed by atoms with Crippen LogP contribution in [0.1, 0.15) is 18.1 Å². The third kappa shape index (κ3) is 7.73. The molecule has 2 N–H and O–H groups in total. The van der Waals surface area contributed by atoms with E-state index in [0.29, 0.717) is 19.6 Å². The predicted octanol–water partition coefficient (Wildman–Crippen LogP) is 3.17. The first-order valence-corrected chi connectivity index (χ1v) is 8.76. The van der Waals surface area contributed by atoms with Gasteiger partial charge in [-0.1, -0.05) is 24.3 Å². The molecule has 2 aromatic rings. The number of rotatable bonds is 9. The molecule has 6 heteroatoms. The molecule has 0 aliphatic carbocycles. The standard InChI is InChI=1S/C21H23FN2O3/c1-2-27-21(26)12-7-16-5-10-19(11-6-16)24-15-20(25)23-14-13-17-3-8-18(22)9-4-17/h3-12,24H,2,13-15H2,1H3,(H,23,25)/b12-7+. The number of esters is 1. The van der Waals surface area contributed by atoms with Crippen LogP contribution in [0.15, 0.2) is 54.6 Å². The molecule has 0 saturated carbocycles. The Morgan fingerprint density at radius 3 is 2.44 bits per heavy atom. The molecule has 0 aromatic heterocycles. The molecule has 0 aliphatic heterocycles. The van der Waals surface area contributed by atoms with Crippen LogP contribution in [0.4, 0.5) is 10.1 Å². The van der Waals surface area contributed by atoms with Crippen molar-refractivity contribution < 1.29 is 18.7 Å². The molecule has 2 rings (SSSR count). The molecule has 1 amide bonds. The summed E-state index contributed by atoms with van der Waals surface area (Å²) in [4.78, 5) is 23.1. The Balaban J connectivity index is 1.70. The molecule has 0 saturated heterocycles. The van der Waals surface area contributed by atoms with E-state index < -0.39 is 0 Å². The molecule has 2 aromatic carbocycles. The average molecular weight is 370 g/mol. The van der Waals surface area contributed by atoms with Crippen LogP contribution in [-0.4, -0.2) is 31.6 Å². The van der Waals surface area contributed by atoms with Crippen LogP contribution < -0.4 is 10.6 Å². The van der Waals surface area contributed by atoms with Crippen molar-refractivity contribution in [2.45, 2.75) is 13.3 Å². The maximum absolute atomic E-state index is 12.8. The summed E-state index contributed by atoms with van der Waals surface area (Å²) in [5, 5.41) is 5.85. The summed E-state index contributed by atoms with van der Waals surface area (Å²) in [6, 6.07) is 13.6. The smallest absolute Gasteiger partial charge is 0.330 e. The van der Waals surface area contributed by atoms with Crippen LogP contribution in [0.3, 0.4) is 0 Å². The summed E-state index contributed by atoms with van der Waals surface area (Å²) >= 11 is 0. The Morgan fingerprint density at radius 1 is 1.07 bits per heavy atom. The topological polar surface area (TPSA) is 67.4 Å². The normalized spacial score (nSPS) is 10.6. The second kappa shape index (κ2) is 10.8. The third-order valence-electron chi connectivity index (χ3n) is 3.71. The van der Waals surface area contributed by atoms with E-state index in [0.717, 1.165) is 16.8 Å². The largest absolute Gasteiger partial charge is 0.463 e. The fourth-order valence-corrected chi connectivity index (χ4v) is 2.31. The third-order valence-corrected chi connectivity index (χ3v) is 3.71. The van der Waals surface area contributed by atoms with Crippen LogP contribution in [0.5, 0.6) is 0 Å². The van der Waals surface area contributed by atoms with Gasteiger partial charge in [0.05, 0.1) is 13.2 Å². The van der Waals surface area contributed by atoms with Gasteiger partial charge in [0.25, 0.3) is 0 Å². The van der Waals surface area contributed by atoms with Crippen LogP contribution in [0.2, 0.25) is 0 Å². The summed E-state index contributed by atoms with van der Waals surface area (Å²) in [7, 11) is 0. The Morgan fingerprint density at radius 2 is 1.78 bits per heavy atom. The highest BCUT2D eigenvalue weighted by atomic mass is 19.1. The number of hydrogen-bond donors (Lipinski definition) is 2. The van der Waals surface area contributed by atoms with E-state index in [9.17, 15) is 14.0 Å². The molecule has 0 unspecified atom stereocenters. The quantitative estimate of drug-likeness (QED) is 0.526. The van der Waals surface area contributed by atoms with Crippen molar-refractivity contribution in [2.24, 2.45) is 0 Å². The lowest BCUT2D eigenvalue weighted by Crippen LogP contribution is -2.31. The van der Waals surface area contributed by atoms with Crippen molar-refractivity contribution >= 4 is 23.6 Å². The number of ether oxygens (including phenoxy) is 1. The second-order valence-corrected chi connectivity index (χ2v) is 5.79. The number of nitrogens with one attached hydrogen (secondary N) is 2. The Kier molecular flexibility index (Phi) is 8.03. The van der Waals surface area contributed by atoms with Crippen molar-refractivity contribution in [3.8, 4) is 0 Å². The minimum Gasteiger partial charge on any atom is -0.463 e. The molecule has 0 fully saturated rings. The molecular weight excluding hydrogens is 347 g/mol. The lowest BCUT2D eigenvalue weighted by molar-refractivity contribution is -0.137. The van der Waals surface area contributed by atoms with Gasteiger partial charge in [-0.25, -0.2) is 9.18 Å². The van der Waals surface area contributed by atoms with Gasteiger partial charge in [-0.3, -0.25) is 4.79 Å². The van der Waals surface area contributed by atoms with E-state index in [1.807, 2.05) is 24.3 Å². The molecule has 142 valence electrons. The number of amides is 1. The Hall–Kier alpha value is -3.15. The van der Waals surface area contributed by atoms with E-state index >= 15 is 0 Å². The van der Waals surface area contributed by atoms with Gasteiger partial charge < -0.3 is 15.4 Å². The fourth-order valence-electron chi connectivity index (χ4n) is 2.31. The van der Waals surface area contributed by atoms with E-state index in [1.165, 1.54) is 18.2 Å². The van der Waals surface area contributed by atoms with Gasteiger partial charge >= 0.3 is 5.97 Å². The highest BCUT2D eigenvalue weighted by Gasteiger charge is 2.02. The zero-order chi connectivity index (χ0) is 19.5. The SMILES string of the molecule is CCOC(=O)/C=C/c1ccc(NCC(=O)NCCc2ccc(F)cc2)cc1. The highest BCUT2D eigenvalue weighted by molar-refractivity contribution is 5.87. The van der Waals surface area contributed by atoms with Crippen molar-refractivity contribution in [2.75, 3.05) is 25.0 Å². The number of hydrogen-bond acceptors (Lipinski definition) is 4. The zero-order valence-corrected chi connectivity index (χ0v) is 15.2. The van der Waals surface area contributed by atoms with Crippen LogP contribution in [0, 0.1) is 5.82 Å². The molecule has 0 atom stereocenters. The van der Waals surface area contributed by atoms with E-state index in [4.69, 9.17) is 4.74 Å². The van der Waals surface area contributed by atoms with Crippen LogP contribution in [-0.2, 0) is 20.7 Å². The van der Waals surface area contributed by atoms with Crippen molar-refractivity contribution in [3.05, 3.63) is 71.6 Å². The summed E-state index contributed by atoms with van der Waals surface area (Å²) < 4.78 is 17.6. The lowest BCUT2D eigenvalue weighted by atomic mass is 10.1. The molecule has 27 heavy (non-hydrogen) atoms. The molecule has 0 radical (unpaired) electrons. The number of benzene rings is 2. The van der Waals surface area contributed by atoms with Crippen LogP contribution in [0.25, 0.3) is 6.08 Å². The van der Waals surface area contributed by atoms with Gasteiger partial charge in [0.2, 0.25) is 5.91 Å². The van der Waals surface area contributed by atoms with Crippen LogP contribution >= 0.6 is 0 Å². The van der Waals surface area contributed by atoms with E-state index in [1.54, 1.807) is 25.1 Å². The lowest BCUT2D eigenvalue weighted by Gasteiger charge is -2.08. The first kappa shape index (κ1) is 20.2. The molecular formula is C21H23FN2O3. The maximum Gasteiger partial charge on any atom is 0.330 e. The van der Waals surface area contributed by atoms with Crippen molar-refractivity contribution in [1.82, 2.24) is 5.32 Å². The monoisotopic (exact) mass is 370 g/mol. The summed E-state index contributed by atoms with van der Waals surface area (Å²) in [6.07, 6.45) is 3.69. The molecule has 0 heterocycles. The number of anilines is 1. The summed E-state index contributed by atoms with van der Waals surface area (Å²) in [6.45, 7) is 2.74. The first-order valence-electron chi connectivity index (χ1n) is 8.76. The minimum atomic E-state index is -0.378. The summed E-state index contributed by atoms with van der Waals surface area (Å²) in [5.41, 5.74) is 2.63. The minimum absolute atomic E-state index is 0.122. The Bertz CT molecular complexity index is 771. The van der Waals surface area contributed by atoms with E-state index in [2.05, 4.69) is 10.6 Å². The van der Waals surface area contributed by atoms with Crippen molar-refractivity contribution in [1.29, 1.82) is 0 Å². The first-order chi connectivity index (χ1) is 13.1. The zero-order valence-electron chi connectivity index (χ0n) is 15.2. The fraction of sp³-hybridized carbons (Fsp3) is 0.238. The maximum atomic E-state index is 12.8. The average Bonchev–Trinajstić information content (AvgIpc) is 2.67. The highest BCUT2D eigenvalue weighted by Crippen LogP contribution is 2.10. The van der Waals surface area contributed by atoms with Gasteiger partial charge in [0.15, 0.2) is 0 Å². The van der Waals surface area contributed by atoms with E-state index in [-0.39, 0.29) is 24.2 Å². The van der Waals surface area contributed by atoms with Gasteiger partial charge in [0.1, 0.15) is 5.82 Å². The molecule has 0 aliphatic rings. The predicted molar refractivity (Wildman–Crippen MR) is 104 cm³/mol. The van der Waals surface area contributed by atoms with Gasteiger partial charge in [-0.15, -0.1) is 0 Å². The molecule has 0 spiro atoms. The van der Waals surface area contributed by atoms with Gasteiger partial charge in [0, 0.05) is 18.3 Å². The van der Waals surface area contributed by atoms with Crippen molar-refractivity contribution in [3.63, 3.8) is 0 Å². The summed E-state index contributed by atoms with van der Waals surface area (Å²) in [5.74, 6) is -0.769. The second-order valence-electron chi connectivity index (χ2n) is 5.79.